The van der Waals surface area contributed by atoms with Crippen LogP contribution in [0.25, 0.3) is 5.65 Å². The van der Waals surface area contributed by atoms with E-state index in [1.165, 1.54) is 11.1 Å². The van der Waals surface area contributed by atoms with E-state index in [1.807, 2.05) is 48.0 Å². The zero-order valence-corrected chi connectivity index (χ0v) is 12.3. The third-order valence-electron chi connectivity index (χ3n) is 3.79. The molecule has 2 aromatic heterocycles. The maximum Gasteiger partial charge on any atom is 0.166 e. The molecular formula is C18H18N2O. The van der Waals surface area contributed by atoms with Crippen LogP contribution in [0.4, 0.5) is 0 Å². The molecule has 0 aliphatic heterocycles. The van der Waals surface area contributed by atoms with Crippen LogP contribution in [0.3, 0.4) is 0 Å². The van der Waals surface area contributed by atoms with E-state index in [-0.39, 0.29) is 5.78 Å². The summed E-state index contributed by atoms with van der Waals surface area (Å²) in [6.07, 6.45) is 5.14. The summed E-state index contributed by atoms with van der Waals surface area (Å²) in [6, 6.07) is 12.0. The van der Waals surface area contributed by atoms with Crippen molar-refractivity contribution >= 4 is 11.4 Å². The highest BCUT2D eigenvalue weighted by molar-refractivity contribution is 6.01. The van der Waals surface area contributed by atoms with E-state index in [4.69, 9.17) is 0 Å². The quantitative estimate of drug-likeness (QED) is 0.681. The average Bonchev–Trinajstić information content (AvgIpc) is 2.86. The molecule has 0 unspecified atom stereocenters. The van der Waals surface area contributed by atoms with Crippen LogP contribution in [-0.2, 0) is 6.42 Å². The van der Waals surface area contributed by atoms with E-state index in [1.54, 1.807) is 0 Å². The zero-order chi connectivity index (χ0) is 14.8. The van der Waals surface area contributed by atoms with Gasteiger partial charge in [0.05, 0.1) is 11.3 Å². The minimum absolute atomic E-state index is 0.148. The van der Waals surface area contributed by atoms with Crippen molar-refractivity contribution in [2.75, 3.05) is 0 Å². The lowest BCUT2D eigenvalue weighted by Gasteiger charge is -2.06. The predicted octanol–water partition coefficient (Wildman–Crippen LogP) is 3.77. The van der Waals surface area contributed by atoms with E-state index < -0.39 is 0 Å². The van der Waals surface area contributed by atoms with E-state index in [0.717, 1.165) is 17.8 Å². The van der Waals surface area contributed by atoms with E-state index in [2.05, 4.69) is 24.0 Å². The van der Waals surface area contributed by atoms with Gasteiger partial charge in [-0.05, 0) is 43.5 Å². The number of pyridine rings is 1. The number of rotatable bonds is 4. The second-order valence-corrected chi connectivity index (χ2v) is 5.38. The number of carbonyl (C=O) groups excluding carboxylic acids is 1. The molecule has 0 aliphatic carbocycles. The third kappa shape index (κ3) is 2.72. The van der Waals surface area contributed by atoms with Crippen LogP contribution in [0.15, 0.2) is 48.8 Å². The van der Waals surface area contributed by atoms with E-state index in [0.29, 0.717) is 12.0 Å². The molecule has 0 saturated heterocycles. The fraction of sp³-hybridized carbons (Fsp3) is 0.222. The van der Waals surface area contributed by atoms with Gasteiger partial charge in [-0.2, -0.15) is 0 Å². The molecule has 0 N–H and O–H groups in total. The molecule has 0 fully saturated rings. The Morgan fingerprint density at radius 2 is 1.95 bits per heavy atom. The smallest absolute Gasteiger partial charge is 0.166 e. The SMILES string of the molecule is Cc1cn2cccc(C(=O)CCc3ccccc3C)c2n1. The van der Waals surface area contributed by atoms with E-state index >= 15 is 0 Å². The Bertz CT molecular complexity index is 802. The van der Waals surface area contributed by atoms with Crippen LogP contribution in [0.2, 0.25) is 0 Å². The topological polar surface area (TPSA) is 34.4 Å². The first kappa shape index (κ1) is 13.6. The second kappa shape index (κ2) is 5.52. The molecule has 21 heavy (non-hydrogen) atoms. The highest BCUT2D eigenvalue weighted by atomic mass is 16.1. The Morgan fingerprint density at radius 1 is 1.14 bits per heavy atom. The molecule has 0 bridgehead atoms. The fourth-order valence-electron chi connectivity index (χ4n) is 2.63. The summed E-state index contributed by atoms with van der Waals surface area (Å²) in [4.78, 5) is 16.9. The van der Waals surface area contributed by atoms with Crippen LogP contribution in [0.5, 0.6) is 0 Å². The number of ketones is 1. The number of aryl methyl sites for hydroxylation is 3. The molecule has 3 nitrogen and oxygen atoms in total. The number of hydrogen-bond donors (Lipinski definition) is 0. The Kier molecular flexibility index (Phi) is 3.57. The summed E-state index contributed by atoms with van der Waals surface area (Å²) in [6.45, 7) is 4.02. The molecule has 2 heterocycles. The van der Waals surface area contributed by atoms with Gasteiger partial charge in [-0.3, -0.25) is 4.79 Å². The van der Waals surface area contributed by atoms with Gasteiger partial charge < -0.3 is 4.40 Å². The van der Waals surface area contributed by atoms with Gasteiger partial charge >= 0.3 is 0 Å². The lowest BCUT2D eigenvalue weighted by molar-refractivity contribution is 0.0984. The second-order valence-electron chi connectivity index (χ2n) is 5.38. The molecule has 0 saturated carbocycles. The van der Waals surface area contributed by atoms with Gasteiger partial charge in [-0.25, -0.2) is 4.98 Å². The highest BCUT2D eigenvalue weighted by Gasteiger charge is 2.12. The molecule has 0 spiro atoms. The van der Waals surface area contributed by atoms with E-state index in [9.17, 15) is 4.79 Å². The van der Waals surface area contributed by atoms with Gasteiger partial charge in [0, 0.05) is 18.8 Å². The molecule has 0 amide bonds. The molecule has 0 atom stereocenters. The number of fused-ring (bicyclic) bond motifs is 1. The first-order chi connectivity index (χ1) is 10.1. The summed E-state index contributed by atoms with van der Waals surface area (Å²) in [5.74, 6) is 0.148. The van der Waals surface area contributed by atoms with Gasteiger partial charge in [-0.1, -0.05) is 24.3 Å². The molecule has 106 valence electrons. The number of carbonyl (C=O) groups is 1. The van der Waals surface area contributed by atoms with Crippen molar-refractivity contribution in [2.45, 2.75) is 26.7 Å². The number of Topliss-reactive ketones (excluding diaryl/α,β-unsaturated/α-hetero) is 1. The van der Waals surface area contributed by atoms with Gasteiger partial charge in [0.25, 0.3) is 0 Å². The normalized spacial score (nSPS) is 11.0. The largest absolute Gasteiger partial charge is 0.306 e. The van der Waals surface area contributed by atoms with Crippen molar-refractivity contribution in [1.82, 2.24) is 9.38 Å². The standard InChI is InChI=1S/C18H18N2O/c1-13-6-3-4-7-15(13)9-10-17(21)16-8-5-11-20-12-14(2)19-18(16)20/h3-8,11-12H,9-10H2,1-2H3. The predicted molar refractivity (Wildman–Crippen MR) is 83.8 cm³/mol. The molecule has 3 heteroatoms. The summed E-state index contributed by atoms with van der Waals surface area (Å²) in [5.41, 5.74) is 4.86. The monoisotopic (exact) mass is 278 g/mol. The van der Waals surface area contributed by atoms with Crippen molar-refractivity contribution in [1.29, 1.82) is 0 Å². The highest BCUT2D eigenvalue weighted by Crippen LogP contribution is 2.16. The van der Waals surface area contributed by atoms with Crippen molar-refractivity contribution in [3.63, 3.8) is 0 Å². The molecule has 3 rings (SSSR count). The first-order valence-corrected chi connectivity index (χ1v) is 7.17. The van der Waals surface area contributed by atoms with Crippen LogP contribution < -0.4 is 0 Å². The number of imidazole rings is 1. The average molecular weight is 278 g/mol. The van der Waals surface area contributed by atoms with Crippen molar-refractivity contribution in [3.05, 3.63) is 71.2 Å². The van der Waals surface area contributed by atoms with Crippen LogP contribution >= 0.6 is 0 Å². The van der Waals surface area contributed by atoms with Gasteiger partial charge in [0.1, 0.15) is 5.65 Å². The molecule has 0 radical (unpaired) electrons. The van der Waals surface area contributed by atoms with Gasteiger partial charge in [0.2, 0.25) is 0 Å². The Morgan fingerprint density at radius 3 is 2.76 bits per heavy atom. The molecule has 3 aromatic rings. The number of nitrogens with zero attached hydrogens (tertiary/aromatic N) is 2. The van der Waals surface area contributed by atoms with Crippen LogP contribution in [0, 0.1) is 13.8 Å². The number of benzene rings is 1. The van der Waals surface area contributed by atoms with Gasteiger partial charge in [0.15, 0.2) is 5.78 Å². The maximum absolute atomic E-state index is 12.5. The van der Waals surface area contributed by atoms with Gasteiger partial charge in [-0.15, -0.1) is 0 Å². The van der Waals surface area contributed by atoms with Crippen molar-refractivity contribution in [3.8, 4) is 0 Å². The zero-order valence-electron chi connectivity index (χ0n) is 12.3. The summed E-state index contributed by atoms with van der Waals surface area (Å²) in [5, 5.41) is 0. The minimum atomic E-state index is 0.148. The minimum Gasteiger partial charge on any atom is -0.306 e. The van der Waals surface area contributed by atoms with Crippen molar-refractivity contribution in [2.24, 2.45) is 0 Å². The fourth-order valence-corrected chi connectivity index (χ4v) is 2.63. The Hall–Kier alpha value is -2.42. The molecule has 0 aliphatic rings. The summed E-state index contributed by atoms with van der Waals surface area (Å²) < 4.78 is 1.91. The molecular weight excluding hydrogens is 260 g/mol. The lowest BCUT2D eigenvalue weighted by atomic mass is 10.0. The Labute approximate surface area is 124 Å². The third-order valence-corrected chi connectivity index (χ3v) is 3.79. The Balaban J connectivity index is 1.83. The summed E-state index contributed by atoms with van der Waals surface area (Å²) in [7, 11) is 0. The summed E-state index contributed by atoms with van der Waals surface area (Å²) >= 11 is 0. The number of aromatic nitrogens is 2. The van der Waals surface area contributed by atoms with Crippen LogP contribution in [-0.4, -0.2) is 15.2 Å². The van der Waals surface area contributed by atoms with Crippen LogP contribution in [0.1, 0.15) is 33.6 Å². The number of hydrogen-bond acceptors (Lipinski definition) is 2. The molecule has 1 aromatic carbocycles. The lowest BCUT2D eigenvalue weighted by Crippen LogP contribution is -2.04. The maximum atomic E-state index is 12.5. The first-order valence-electron chi connectivity index (χ1n) is 7.17. The van der Waals surface area contributed by atoms with Crippen molar-refractivity contribution < 1.29 is 4.79 Å².